The van der Waals surface area contributed by atoms with Crippen LogP contribution in [0, 0.1) is 0 Å². The molecule has 0 bridgehead atoms. The normalized spacial score (nSPS) is 13.3. The molecule has 0 aromatic carbocycles. The highest BCUT2D eigenvalue weighted by molar-refractivity contribution is 6.74. The van der Waals surface area contributed by atoms with E-state index in [1.165, 1.54) is 0 Å². The van der Waals surface area contributed by atoms with Gasteiger partial charge < -0.3 is 14.1 Å². The molecule has 1 N–H and O–H groups in total. The van der Waals surface area contributed by atoms with Crippen LogP contribution in [0.3, 0.4) is 0 Å². The van der Waals surface area contributed by atoms with Gasteiger partial charge in [-0.2, -0.15) is 0 Å². The third kappa shape index (κ3) is 5.28. The second kappa shape index (κ2) is 6.58. The summed E-state index contributed by atoms with van der Waals surface area (Å²) in [6.45, 7) is 17.4. The van der Waals surface area contributed by atoms with E-state index in [1.54, 1.807) is 6.20 Å². The molecule has 22 heavy (non-hydrogen) atoms. The minimum Gasteiger partial charge on any atom is -0.455 e. The highest BCUT2D eigenvalue weighted by Crippen LogP contribution is 2.36. The van der Waals surface area contributed by atoms with Gasteiger partial charge in [0.15, 0.2) is 8.32 Å². The predicted molar refractivity (Wildman–Crippen MR) is 92.8 cm³/mol. The molecule has 0 amide bonds. The maximum Gasteiger partial charge on any atom is 0.355 e. The first-order valence-electron chi connectivity index (χ1n) is 7.87. The van der Waals surface area contributed by atoms with Crippen molar-refractivity contribution in [1.82, 2.24) is 4.98 Å². The smallest absolute Gasteiger partial charge is 0.355 e. The van der Waals surface area contributed by atoms with Gasteiger partial charge in [0, 0.05) is 12.8 Å². The number of nitrogens with one attached hydrogen (secondary N) is 1. The van der Waals surface area contributed by atoms with E-state index in [2.05, 4.69) is 38.8 Å². The molecule has 0 saturated carbocycles. The summed E-state index contributed by atoms with van der Waals surface area (Å²) >= 11 is 0. The number of H-pyrrole nitrogens is 1. The SMILES string of the molecule is CC(C)(C)OC(=O)c1[nH]ccc1CCO[Si](C)(C)C(C)(C)C. The average molecular weight is 326 g/mol. The van der Waals surface area contributed by atoms with Crippen molar-refractivity contribution in [2.24, 2.45) is 0 Å². The minimum absolute atomic E-state index is 0.194. The highest BCUT2D eigenvalue weighted by Gasteiger charge is 2.37. The van der Waals surface area contributed by atoms with Crippen molar-refractivity contribution in [2.45, 2.75) is 71.7 Å². The van der Waals surface area contributed by atoms with E-state index in [0.717, 1.165) is 5.56 Å². The van der Waals surface area contributed by atoms with E-state index in [4.69, 9.17) is 9.16 Å². The number of carbonyl (C=O) groups is 1. The summed E-state index contributed by atoms with van der Waals surface area (Å²) in [5.74, 6) is -0.306. The molecular weight excluding hydrogens is 294 g/mol. The number of ether oxygens (including phenoxy) is 1. The fraction of sp³-hybridized carbons (Fsp3) is 0.706. The van der Waals surface area contributed by atoms with Crippen LogP contribution in [-0.2, 0) is 15.6 Å². The molecule has 0 unspecified atom stereocenters. The number of carbonyl (C=O) groups excluding carboxylic acids is 1. The summed E-state index contributed by atoms with van der Waals surface area (Å²) in [6.07, 6.45) is 2.49. The first-order chi connectivity index (χ1) is 9.83. The first kappa shape index (κ1) is 19.0. The maximum atomic E-state index is 12.2. The largest absolute Gasteiger partial charge is 0.455 e. The summed E-state index contributed by atoms with van der Waals surface area (Å²) in [4.78, 5) is 15.2. The van der Waals surface area contributed by atoms with Crippen LogP contribution < -0.4 is 0 Å². The number of hydrogen-bond donors (Lipinski definition) is 1. The minimum atomic E-state index is -1.75. The van der Waals surface area contributed by atoms with Gasteiger partial charge in [-0.1, -0.05) is 20.8 Å². The van der Waals surface area contributed by atoms with Crippen molar-refractivity contribution in [3.63, 3.8) is 0 Å². The van der Waals surface area contributed by atoms with Crippen molar-refractivity contribution in [2.75, 3.05) is 6.61 Å². The Kier molecular flexibility index (Phi) is 5.68. The molecule has 0 fully saturated rings. The highest BCUT2D eigenvalue weighted by atomic mass is 28.4. The third-order valence-corrected chi connectivity index (χ3v) is 8.61. The van der Waals surface area contributed by atoms with Crippen molar-refractivity contribution >= 4 is 14.3 Å². The van der Waals surface area contributed by atoms with E-state index in [-0.39, 0.29) is 11.0 Å². The monoisotopic (exact) mass is 325 g/mol. The first-order valence-corrected chi connectivity index (χ1v) is 10.8. The Morgan fingerprint density at radius 1 is 1.18 bits per heavy atom. The van der Waals surface area contributed by atoms with Crippen LogP contribution in [0.2, 0.25) is 18.1 Å². The van der Waals surface area contributed by atoms with Crippen molar-refractivity contribution in [3.05, 3.63) is 23.5 Å². The van der Waals surface area contributed by atoms with Crippen LogP contribution >= 0.6 is 0 Å². The molecule has 5 heteroatoms. The Labute approximate surface area is 135 Å². The molecule has 1 rings (SSSR count). The lowest BCUT2D eigenvalue weighted by molar-refractivity contribution is 0.00623. The topological polar surface area (TPSA) is 51.3 Å². The summed E-state index contributed by atoms with van der Waals surface area (Å²) in [5, 5.41) is 0.194. The molecule has 0 aliphatic rings. The molecule has 0 aliphatic carbocycles. The number of rotatable bonds is 5. The lowest BCUT2D eigenvalue weighted by atomic mass is 10.1. The van der Waals surface area contributed by atoms with Crippen molar-refractivity contribution < 1.29 is 14.0 Å². The molecule has 0 spiro atoms. The van der Waals surface area contributed by atoms with Crippen LogP contribution in [0.4, 0.5) is 0 Å². The van der Waals surface area contributed by atoms with Gasteiger partial charge in [-0.15, -0.1) is 0 Å². The zero-order valence-corrected chi connectivity index (χ0v) is 16.3. The van der Waals surface area contributed by atoms with Crippen LogP contribution in [0.1, 0.15) is 57.6 Å². The summed E-state index contributed by atoms with van der Waals surface area (Å²) in [6, 6.07) is 1.92. The molecule has 0 aliphatic heterocycles. The zero-order chi connectivity index (χ0) is 17.2. The predicted octanol–water partition coefficient (Wildman–Crippen LogP) is 4.53. The number of esters is 1. The van der Waals surface area contributed by atoms with Gasteiger partial charge in [0.25, 0.3) is 0 Å². The van der Waals surface area contributed by atoms with Crippen LogP contribution in [0.25, 0.3) is 0 Å². The van der Waals surface area contributed by atoms with Gasteiger partial charge in [0.05, 0.1) is 0 Å². The van der Waals surface area contributed by atoms with Crippen molar-refractivity contribution in [1.29, 1.82) is 0 Å². The number of hydrogen-bond acceptors (Lipinski definition) is 3. The molecule has 4 nitrogen and oxygen atoms in total. The van der Waals surface area contributed by atoms with E-state index < -0.39 is 13.9 Å². The standard InChI is InChI=1S/C17H31NO3Si/c1-16(2,3)21-15(19)14-13(9-11-18-14)10-12-20-22(7,8)17(4,5)6/h9,11,18H,10,12H2,1-8H3. The molecule has 0 radical (unpaired) electrons. The van der Waals surface area contributed by atoms with Crippen LogP contribution in [-0.4, -0.2) is 31.5 Å². The summed E-state index contributed by atoms with van der Waals surface area (Å²) in [5.41, 5.74) is 0.999. The van der Waals surface area contributed by atoms with E-state index in [1.807, 2.05) is 26.8 Å². The van der Waals surface area contributed by atoms with Crippen LogP contribution in [0.5, 0.6) is 0 Å². The van der Waals surface area contributed by atoms with Gasteiger partial charge in [0.1, 0.15) is 11.3 Å². The molecule has 126 valence electrons. The zero-order valence-electron chi connectivity index (χ0n) is 15.3. The Morgan fingerprint density at radius 2 is 1.77 bits per heavy atom. The van der Waals surface area contributed by atoms with Crippen molar-refractivity contribution in [3.8, 4) is 0 Å². The van der Waals surface area contributed by atoms with E-state index >= 15 is 0 Å². The Morgan fingerprint density at radius 3 is 2.27 bits per heavy atom. The molecular formula is C17H31NO3Si. The molecule has 1 aromatic heterocycles. The summed E-state index contributed by atoms with van der Waals surface area (Å²) < 4.78 is 11.6. The number of aromatic amines is 1. The third-order valence-electron chi connectivity index (χ3n) is 4.08. The lowest BCUT2D eigenvalue weighted by Gasteiger charge is -2.36. The Balaban J connectivity index is 2.66. The lowest BCUT2D eigenvalue weighted by Crippen LogP contribution is -2.41. The second-order valence-corrected chi connectivity index (χ2v) is 13.0. The van der Waals surface area contributed by atoms with Crippen LogP contribution in [0.15, 0.2) is 12.3 Å². The maximum absolute atomic E-state index is 12.2. The molecule has 1 heterocycles. The molecule has 0 atom stereocenters. The summed E-state index contributed by atoms with van der Waals surface area (Å²) in [7, 11) is -1.75. The number of aromatic nitrogens is 1. The van der Waals surface area contributed by atoms with Gasteiger partial charge in [0.2, 0.25) is 0 Å². The average Bonchev–Trinajstić information content (AvgIpc) is 2.73. The fourth-order valence-corrected chi connectivity index (χ4v) is 2.81. The second-order valence-electron chi connectivity index (χ2n) is 8.24. The Bertz CT molecular complexity index is 507. The quantitative estimate of drug-likeness (QED) is 0.639. The Hall–Kier alpha value is -1.07. The van der Waals surface area contributed by atoms with E-state index in [0.29, 0.717) is 18.7 Å². The van der Waals surface area contributed by atoms with Gasteiger partial charge >= 0.3 is 5.97 Å². The fourth-order valence-electron chi connectivity index (χ4n) is 1.76. The van der Waals surface area contributed by atoms with Gasteiger partial charge in [-0.25, -0.2) is 4.79 Å². The molecule has 0 saturated heterocycles. The van der Waals surface area contributed by atoms with E-state index in [9.17, 15) is 4.79 Å². The van der Waals surface area contributed by atoms with Gasteiger partial charge in [-0.3, -0.25) is 0 Å². The molecule has 1 aromatic rings. The van der Waals surface area contributed by atoms with Gasteiger partial charge in [-0.05, 0) is 57.0 Å².